The second-order valence-electron chi connectivity index (χ2n) is 11.4. The molecule has 216 valence electrons. The summed E-state index contributed by atoms with van der Waals surface area (Å²) >= 11 is 0. The number of hydrogen-bond acceptors (Lipinski definition) is 4. The fourth-order valence-corrected chi connectivity index (χ4v) is 4.49. The van der Waals surface area contributed by atoms with E-state index in [2.05, 4.69) is 24.5 Å². The van der Waals surface area contributed by atoms with Crippen molar-refractivity contribution in [2.45, 2.75) is 131 Å². The number of unbranched alkanes of at least 4 members (excludes halogenated alkanes) is 7. The average molecular weight is 532 g/mol. The third kappa shape index (κ3) is 12.3. The number of nitrogens with one attached hydrogen (secondary N) is 2. The highest BCUT2D eigenvalue weighted by Gasteiger charge is 2.35. The van der Waals surface area contributed by atoms with Gasteiger partial charge >= 0.3 is 6.09 Å². The predicted octanol–water partition coefficient (Wildman–Crippen LogP) is 6.75. The largest absolute Gasteiger partial charge is 0.444 e. The van der Waals surface area contributed by atoms with Crippen molar-refractivity contribution in [3.63, 3.8) is 0 Å². The zero-order valence-electron chi connectivity index (χ0n) is 25.2. The Morgan fingerprint density at radius 2 is 1.53 bits per heavy atom. The second-order valence-corrected chi connectivity index (χ2v) is 11.4. The molecule has 2 N–H and O–H groups in total. The molecular weight excluding hydrogens is 478 g/mol. The summed E-state index contributed by atoms with van der Waals surface area (Å²) < 4.78 is 5.38. The summed E-state index contributed by atoms with van der Waals surface area (Å²) in [6.07, 6.45) is 8.75. The second kappa shape index (κ2) is 17.1. The number of rotatable bonds is 16. The first kappa shape index (κ1) is 33.5. The molecule has 1 aromatic carbocycles. The number of benzene rings is 1. The van der Waals surface area contributed by atoms with Gasteiger partial charge in [-0.2, -0.15) is 0 Å². The minimum atomic E-state index is -0.842. The maximum absolute atomic E-state index is 13.9. The van der Waals surface area contributed by atoms with Crippen molar-refractivity contribution in [2.75, 3.05) is 13.1 Å². The highest BCUT2D eigenvalue weighted by molar-refractivity contribution is 5.92. The van der Waals surface area contributed by atoms with Gasteiger partial charge in [-0.15, -0.1) is 0 Å². The van der Waals surface area contributed by atoms with Crippen molar-refractivity contribution in [3.05, 3.63) is 34.9 Å². The van der Waals surface area contributed by atoms with Crippen LogP contribution in [-0.2, 0) is 14.3 Å². The van der Waals surface area contributed by atoms with Gasteiger partial charge in [0.05, 0.1) is 0 Å². The van der Waals surface area contributed by atoms with Crippen LogP contribution in [0.3, 0.4) is 0 Å². The van der Waals surface area contributed by atoms with Crippen LogP contribution in [0.2, 0.25) is 0 Å². The summed E-state index contributed by atoms with van der Waals surface area (Å²) in [6, 6.07) is 4.36. The number of carbonyl (C=O) groups excluding carboxylic acids is 3. The number of ether oxygens (including phenoxy) is 1. The SMILES string of the molecule is CCCCCCCCN(C(=O)C(C)NC(=O)OC(C)(C)C)C(C(=O)NCCCCC)c1ccc(C)cc1C. The zero-order valence-corrected chi connectivity index (χ0v) is 25.2. The molecule has 3 amide bonds. The van der Waals surface area contributed by atoms with Crippen LogP contribution in [0.4, 0.5) is 4.79 Å². The lowest BCUT2D eigenvalue weighted by Gasteiger charge is -2.34. The van der Waals surface area contributed by atoms with Gasteiger partial charge in [-0.05, 0) is 65.5 Å². The van der Waals surface area contributed by atoms with Crippen molar-refractivity contribution in [3.8, 4) is 0 Å². The van der Waals surface area contributed by atoms with Gasteiger partial charge in [-0.25, -0.2) is 4.79 Å². The predicted molar refractivity (Wildman–Crippen MR) is 155 cm³/mol. The Balaban J connectivity index is 3.28. The van der Waals surface area contributed by atoms with E-state index in [1.807, 2.05) is 32.0 Å². The average Bonchev–Trinajstić information content (AvgIpc) is 2.82. The van der Waals surface area contributed by atoms with Crippen molar-refractivity contribution in [1.82, 2.24) is 15.5 Å². The van der Waals surface area contributed by atoms with Gasteiger partial charge in [-0.3, -0.25) is 9.59 Å². The van der Waals surface area contributed by atoms with Crippen LogP contribution < -0.4 is 10.6 Å². The van der Waals surface area contributed by atoms with Crippen LogP contribution in [-0.4, -0.2) is 47.5 Å². The number of amides is 3. The highest BCUT2D eigenvalue weighted by atomic mass is 16.6. The zero-order chi connectivity index (χ0) is 28.7. The standard InChI is InChI=1S/C31H53N3O4/c1-9-11-13-14-15-17-21-34(29(36)25(5)33-30(37)38-31(6,7)8)27(28(35)32-20-16-12-10-2)26-19-18-23(3)22-24(26)4/h18-19,22,25,27H,9-17,20-21H2,1-8H3,(H,32,35)(H,33,37). The van der Waals surface area contributed by atoms with Gasteiger partial charge in [0, 0.05) is 13.1 Å². The first-order valence-corrected chi connectivity index (χ1v) is 14.6. The molecule has 2 atom stereocenters. The van der Waals surface area contributed by atoms with E-state index in [9.17, 15) is 14.4 Å². The lowest BCUT2D eigenvalue weighted by molar-refractivity contribution is -0.142. The van der Waals surface area contributed by atoms with Gasteiger partial charge in [0.1, 0.15) is 17.7 Å². The van der Waals surface area contributed by atoms with E-state index < -0.39 is 23.8 Å². The summed E-state index contributed by atoms with van der Waals surface area (Å²) in [5.41, 5.74) is 2.20. The van der Waals surface area contributed by atoms with Crippen LogP contribution in [0.1, 0.15) is 122 Å². The van der Waals surface area contributed by atoms with E-state index in [0.717, 1.165) is 55.2 Å². The highest BCUT2D eigenvalue weighted by Crippen LogP contribution is 2.27. The van der Waals surface area contributed by atoms with E-state index in [1.165, 1.54) is 19.3 Å². The van der Waals surface area contributed by atoms with E-state index in [0.29, 0.717) is 13.1 Å². The maximum Gasteiger partial charge on any atom is 0.408 e. The fourth-order valence-electron chi connectivity index (χ4n) is 4.49. The Kier molecular flexibility index (Phi) is 15.1. The Bertz CT molecular complexity index is 878. The topological polar surface area (TPSA) is 87.7 Å². The van der Waals surface area contributed by atoms with Crippen molar-refractivity contribution in [2.24, 2.45) is 0 Å². The molecule has 0 bridgehead atoms. The van der Waals surface area contributed by atoms with Gasteiger partial charge in [0.2, 0.25) is 11.8 Å². The molecule has 0 aliphatic carbocycles. The molecule has 0 aromatic heterocycles. The van der Waals surface area contributed by atoms with Crippen LogP contribution in [0.25, 0.3) is 0 Å². The van der Waals surface area contributed by atoms with Crippen LogP contribution in [0, 0.1) is 13.8 Å². The van der Waals surface area contributed by atoms with Crippen molar-refractivity contribution in [1.29, 1.82) is 0 Å². The van der Waals surface area contributed by atoms with Gasteiger partial charge < -0.3 is 20.3 Å². The quantitative estimate of drug-likeness (QED) is 0.231. The maximum atomic E-state index is 13.9. The summed E-state index contributed by atoms with van der Waals surface area (Å²) in [4.78, 5) is 41.6. The summed E-state index contributed by atoms with van der Waals surface area (Å²) in [5.74, 6) is -0.477. The molecule has 0 aliphatic heterocycles. The first-order chi connectivity index (χ1) is 17.9. The Hall–Kier alpha value is -2.57. The van der Waals surface area contributed by atoms with E-state index in [-0.39, 0.29) is 11.8 Å². The fraction of sp³-hybridized carbons (Fsp3) is 0.710. The lowest BCUT2D eigenvalue weighted by Crippen LogP contribution is -2.52. The molecule has 1 aromatic rings. The molecule has 7 nitrogen and oxygen atoms in total. The summed E-state index contributed by atoms with van der Waals surface area (Å²) in [7, 11) is 0. The van der Waals surface area contributed by atoms with Crippen LogP contribution in [0.5, 0.6) is 0 Å². The third-order valence-corrected chi connectivity index (χ3v) is 6.50. The van der Waals surface area contributed by atoms with Gasteiger partial charge in [0.25, 0.3) is 0 Å². The molecule has 38 heavy (non-hydrogen) atoms. The first-order valence-electron chi connectivity index (χ1n) is 14.6. The number of nitrogens with zero attached hydrogens (tertiary/aromatic N) is 1. The molecule has 0 heterocycles. The molecule has 0 saturated heterocycles. The molecule has 0 radical (unpaired) electrons. The molecule has 1 rings (SSSR count). The summed E-state index contributed by atoms with van der Waals surface area (Å²) in [6.45, 7) is 16.3. The van der Waals surface area contributed by atoms with E-state index in [1.54, 1.807) is 32.6 Å². The monoisotopic (exact) mass is 531 g/mol. The van der Waals surface area contributed by atoms with Crippen LogP contribution in [0.15, 0.2) is 18.2 Å². The van der Waals surface area contributed by atoms with Gasteiger partial charge in [-0.1, -0.05) is 82.6 Å². The summed E-state index contributed by atoms with van der Waals surface area (Å²) in [5, 5.41) is 5.76. The molecule has 0 fully saturated rings. The minimum Gasteiger partial charge on any atom is -0.444 e. The van der Waals surface area contributed by atoms with E-state index in [4.69, 9.17) is 4.74 Å². The number of aryl methyl sites for hydroxylation is 2. The molecule has 0 saturated carbocycles. The minimum absolute atomic E-state index is 0.183. The smallest absolute Gasteiger partial charge is 0.408 e. The molecule has 0 spiro atoms. The van der Waals surface area contributed by atoms with Gasteiger partial charge in [0.15, 0.2) is 0 Å². The van der Waals surface area contributed by atoms with Crippen molar-refractivity contribution < 1.29 is 19.1 Å². The lowest BCUT2D eigenvalue weighted by atomic mass is 9.96. The number of carbonyl (C=O) groups is 3. The van der Waals surface area contributed by atoms with Crippen LogP contribution >= 0.6 is 0 Å². The number of hydrogen-bond donors (Lipinski definition) is 2. The molecule has 0 aliphatic rings. The molecule has 7 heteroatoms. The van der Waals surface area contributed by atoms with Crippen molar-refractivity contribution >= 4 is 17.9 Å². The Morgan fingerprint density at radius 1 is 0.921 bits per heavy atom. The molecular formula is C31H53N3O4. The number of alkyl carbamates (subject to hydrolysis) is 1. The Labute approximate surface area is 231 Å². The van der Waals surface area contributed by atoms with E-state index >= 15 is 0 Å². The normalized spacial score (nSPS) is 12.9. The third-order valence-electron chi connectivity index (χ3n) is 6.50. The molecule has 2 unspecified atom stereocenters. The Morgan fingerprint density at radius 3 is 2.13 bits per heavy atom.